The Kier molecular flexibility index (Phi) is 4.80. The van der Waals surface area contributed by atoms with Crippen LogP contribution in [0.15, 0.2) is 18.2 Å². The molecule has 1 aliphatic carbocycles. The van der Waals surface area contributed by atoms with Gasteiger partial charge in [-0.25, -0.2) is 0 Å². The highest BCUT2D eigenvalue weighted by molar-refractivity contribution is 6.35. The largest absolute Gasteiger partial charge is 0.396 e. The molecule has 2 N–H and O–H groups in total. The average Bonchev–Trinajstić information content (AvgIpc) is 2.94. The Bertz CT molecular complexity index is 556. The van der Waals surface area contributed by atoms with E-state index < -0.39 is 10.8 Å². The molecule has 21 heavy (non-hydrogen) atoms. The van der Waals surface area contributed by atoms with E-state index in [1.54, 1.807) is 0 Å². The van der Waals surface area contributed by atoms with Gasteiger partial charge in [0.2, 0.25) is 0 Å². The highest BCUT2D eigenvalue weighted by atomic mass is 35.5. The molecule has 1 saturated carbocycles. The summed E-state index contributed by atoms with van der Waals surface area (Å²) in [5, 5.41) is 22.9. The molecule has 0 saturated heterocycles. The number of nitrogens with zero attached hydrogens (tertiary/aromatic N) is 1. The van der Waals surface area contributed by atoms with Crippen LogP contribution in [0, 0.1) is 15.5 Å². The maximum Gasteiger partial charge on any atom is 0.288 e. The van der Waals surface area contributed by atoms with Crippen molar-refractivity contribution in [3.63, 3.8) is 0 Å². The van der Waals surface area contributed by atoms with Gasteiger partial charge in [-0.2, -0.15) is 0 Å². The monoisotopic (exact) mass is 312 g/mol. The molecule has 1 aromatic carbocycles. The van der Waals surface area contributed by atoms with Gasteiger partial charge in [0.25, 0.3) is 11.6 Å². The highest BCUT2D eigenvalue weighted by Crippen LogP contribution is 2.37. The van der Waals surface area contributed by atoms with Gasteiger partial charge in [-0.1, -0.05) is 30.5 Å². The van der Waals surface area contributed by atoms with E-state index in [2.05, 4.69) is 5.32 Å². The molecular formula is C14H17ClN2O4. The van der Waals surface area contributed by atoms with Crippen molar-refractivity contribution in [3.8, 4) is 0 Å². The molecule has 1 aliphatic rings. The SMILES string of the molecule is O=C(NCC1(CO)CCCC1)c1cccc([N+](=O)[O-])c1Cl. The summed E-state index contributed by atoms with van der Waals surface area (Å²) in [6, 6.07) is 4.13. The fraction of sp³-hybridized carbons (Fsp3) is 0.500. The highest BCUT2D eigenvalue weighted by Gasteiger charge is 2.33. The molecule has 7 heteroatoms. The molecule has 0 bridgehead atoms. The number of hydrogen-bond acceptors (Lipinski definition) is 4. The number of nitro benzene ring substituents is 1. The first kappa shape index (κ1) is 15.7. The quantitative estimate of drug-likeness (QED) is 0.645. The zero-order valence-corrected chi connectivity index (χ0v) is 12.2. The lowest BCUT2D eigenvalue weighted by Crippen LogP contribution is -2.38. The maximum atomic E-state index is 12.2. The molecule has 2 rings (SSSR count). The zero-order chi connectivity index (χ0) is 15.5. The van der Waals surface area contributed by atoms with Crippen molar-refractivity contribution in [1.29, 1.82) is 0 Å². The third-order valence-electron chi connectivity index (χ3n) is 4.04. The Morgan fingerprint density at radius 1 is 1.43 bits per heavy atom. The van der Waals surface area contributed by atoms with E-state index in [1.807, 2.05) is 0 Å². The smallest absolute Gasteiger partial charge is 0.288 e. The number of carbonyl (C=O) groups is 1. The van der Waals surface area contributed by atoms with Gasteiger partial charge in [-0.15, -0.1) is 0 Å². The number of hydrogen-bond donors (Lipinski definition) is 2. The van der Waals surface area contributed by atoms with Crippen LogP contribution in [0.1, 0.15) is 36.0 Å². The van der Waals surface area contributed by atoms with Crippen LogP contribution < -0.4 is 5.32 Å². The minimum Gasteiger partial charge on any atom is -0.396 e. The summed E-state index contributed by atoms with van der Waals surface area (Å²) in [6.07, 6.45) is 3.81. The normalized spacial score (nSPS) is 16.7. The number of benzene rings is 1. The predicted octanol–water partition coefficient (Wildman–Crippen LogP) is 2.53. The first-order chi connectivity index (χ1) is 9.99. The van der Waals surface area contributed by atoms with Crippen LogP contribution in [0.25, 0.3) is 0 Å². The summed E-state index contributed by atoms with van der Waals surface area (Å²) >= 11 is 5.91. The van der Waals surface area contributed by atoms with Crippen molar-refractivity contribution in [2.75, 3.05) is 13.2 Å². The summed E-state index contributed by atoms with van der Waals surface area (Å²) in [4.78, 5) is 22.4. The van der Waals surface area contributed by atoms with Crippen molar-refractivity contribution in [3.05, 3.63) is 38.9 Å². The van der Waals surface area contributed by atoms with Gasteiger partial charge in [0.05, 0.1) is 17.1 Å². The summed E-state index contributed by atoms with van der Waals surface area (Å²) in [5.41, 5.74) is -0.484. The van der Waals surface area contributed by atoms with E-state index in [0.717, 1.165) is 25.7 Å². The first-order valence-corrected chi connectivity index (χ1v) is 7.19. The molecule has 0 unspecified atom stereocenters. The van der Waals surface area contributed by atoms with Crippen molar-refractivity contribution in [2.45, 2.75) is 25.7 Å². The minimum absolute atomic E-state index is 0.0238. The summed E-state index contributed by atoms with van der Waals surface area (Å²) in [7, 11) is 0. The van der Waals surface area contributed by atoms with Crippen LogP contribution in [0.4, 0.5) is 5.69 Å². The van der Waals surface area contributed by atoms with Gasteiger partial charge in [-0.3, -0.25) is 14.9 Å². The van der Waals surface area contributed by atoms with Crippen molar-refractivity contribution < 1.29 is 14.8 Å². The van der Waals surface area contributed by atoms with Gasteiger partial charge >= 0.3 is 0 Å². The fourth-order valence-corrected chi connectivity index (χ4v) is 3.00. The summed E-state index contributed by atoms with van der Waals surface area (Å²) < 4.78 is 0. The van der Waals surface area contributed by atoms with Crippen LogP contribution in [-0.2, 0) is 0 Å². The Hall–Kier alpha value is -1.66. The van der Waals surface area contributed by atoms with Gasteiger partial charge in [-0.05, 0) is 18.9 Å². The van der Waals surface area contributed by atoms with Crippen LogP contribution in [0.5, 0.6) is 0 Å². The second-order valence-corrected chi connectivity index (χ2v) is 5.82. The predicted molar refractivity (Wildman–Crippen MR) is 78.4 cm³/mol. The molecular weight excluding hydrogens is 296 g/mol. The molecule has 6 nitrogen and oxygen atoms in total. The lowest BCUT2D eigenvalue weighted by atomic mass is 9.87. The second-order valence-electron chi connectivity index (χ2n) is 5.44. The van der Waals surface area contributed by atoms with E-state index >= 15 is 0 Å². The first-order valence-electron chi connectivity index (χ1n) is 6.81. The van der Waals surface area contributed by atoms with Gasteiger partial charge < -0.3 is 10.4 Å². The topological polar surface area (TPSA) is 92.5 Å². The number of halogens is 1. The van der Waals surface area contributed by atoms with Crippen molar-refractivity contribution in [1.82, 2.24) is 5.32 Å². The zero-order valence-electron chi connectivity index (χ0n) is 11.5. The second kappa shape index (κ2) is 6.41. The van der Waals surface area contributed by atoms with E-state index in [9.17, 15) is 20.0 Å². The molecule has 0 spiro atoms. The van der Waals surface area contributed by atoms with Crippen molar-refractivity contribution >= 4 is 23.2 Å². The third-order valence-corrected chi connectivity index (χ3v) is 4.44. The molecule has 0 aliphatic heterocycles. The molecule has 0 heterocycles. The molecule has 114 valence electrons. The van der Waals surface area contributed by atoms with E-state index in [0.29, 0.717) is 6.54 Å². The van der Waals surface area contributed by atoms with Crippen molar-refractivity contribution in [2.24, 2.45) is 5.41 Å². The standard InChI is InChI=1S/C14H17ClN2O4/c15-12-10(4-3-5-11(12)17(20)21)13(19)16-8-14(9-18)6-1-2-7-14/h3-5,18H,1-2,6-9H2,(H,16,19). The number of aliphatic hydroxyl groups is 1. The van der Waals surface area contributed by atoms with E-state index in [4.69, 9.17) is 11.6 Å². The number of rotatable bonds is 5. The third kappa shape index (κ3) is 3.33. The average molecular weight is 313 g/mol. The molecule has 1 fully saturated rings. The lowest BCUT2D eigenvalue weighted by Gasteiger charge is -2.26. The van der Waals surface area contributed by atoms with Gasteiger partial charge in [0, 0.05) is 18.0 Å². The maximum absolute atomic E-state index is 12.2. The Balaban J connectivity index is 2.10. The van der Waals surface area contributed by atoms with Crippen LogP contribution in [0.2, 0.25) is 5.02 Å². The Morgan fingerprint density at radius 2 is 2.10 bits per heavy atom. The van der Waals surface area contributed by atoms with E-state index in [1.165, 1.54) is 18.2 Å². The van der Waals surface area contributed by atoms with Crippen LogP contribution >= 0.6 is 11.6 Å². The molecule has 1 aromatic rings. The van der Waals surface area contributed by atoms with Gasteiger partial charge in [0.1, 0.15) is 5.02 Å². The fourth-order valence-electron chi connectivity index (χ4n) is 2.71. The molecule has 0 radical (unpaired) electrons. The number of nitrogens with one attached hydrogen (secondary N) is 1. The summed E-state index contributed by atoms with van der Waals surface area (Å²) in [6.45, 7) is 0.372. The number of nitro groups is 1. The number of carbonyl (C=O) groups excluding carboxylic acids is 1. The molecule has 0 aromatic heterocycles. The van der Waals surface area contributed by atoms with Crippen LogP contribution in [0.3, 0.4) is 0 Å². The van der Waals surface area contributed by atoms with Crippen LogP contribution in [-0.4, -0.2) is 29.1 Å². The number of aliphatic hydroxyl groups excluding tert-OH is 1. The molecule has 0 atom stereocenters. The van der Waals surface area contributed by atoms with E-state index in [-0.39, 0.29) is 28.3 Å². The Labute approximate surface area is 127 Å². The molecule has 1 amide bonds. The Morgan fingerprint density at radius 3 is 2.67 bits per heavy atom. The van der Waals surface area contributed by atoms with Gasteiger partial charge in [0.15, 0.2) is 0 Å². The minimum atomic E-state index is -0.620. The number of amides is 1. The summed E-state index contributed by atoms with van der Waals surface area (Å²) in [5.74, 6) is -0.455. The lowest BCUT2D eigenvalue weighted by molar-refractivity contribution is -0.384.